The third-order valence-corrected chi connectivity index (χ3v) is 2.82. The SMILES string of the molecule is NNC(=O)N(N)C1CC(C(=O)O)=CCC1C(=O)O. The molecule has 0 saturated heterocycles. The molecule has 0 bridgehead atoms. The van der Waals surface area contributed by atoms with Gasteiger partial charge in [0.2, 0.25) is 0 Å². The van der Waals surface area contributed by atoms with Crippen molar-refractivity contribution in [1.29, 1.82) is 0 Å². The number of hydrogen-bond acceptors (Lipinski definition) is 5. The average molecular weight is 258 g/mol. The summed E-state index contributed by atoms with van der Waals surface area (Å²) in [4.78, 5) is 33.1. The third kappa shape index (κ3) is 2.76. The minimum absolute atomic E-state index is 0.00676. The molecule has 1 aliphatic carbocycles. The lowest BCUT2D eigenvalue weighted by Gasteiger charge is -2.33. The fraction of sp³-hybridized carbons (Fsp3) is 0.444. The highest BCUT2D eigenvalue weighted by atomic mass is 16.4. The summed E-state index contributed by atoms with van der Waals surface area (Å²) in [6, 6.07) is -1.83. The van der Waals surface area contributed by atoms with Crippen molar-refractivity contribution < 1.29 is 24.6 Å². The highest BCUT2D eigenvalue weighted by Crippen LogP contribution is 2.27. The Morgan fingerprint density at radius 3 is 2.44 bits per heavy atom. The molecule has 1 aliphatic rings. The van der Waals surface area contributed by atoms with Crippen LogP contribution in [0.15, 0.2) is 11.6 Å². The van der Waals surface area contributed by atoms with E-state index in [9.17, 15) is 14.4 Å². The molecular formula is C9H14N4O5. The van der Waals surface area contributed by atoms with E-state index >= 15 is 0 Å². The minimum atomic E-state index is -1.16. The predicted octanol–water partition coefficient (Wildman–Crippen LogP) is -1.38. The molecule has 9 heteroatoms. The van der Waals surface area contributed by atoms with Crippen molar-refractivity contribution in [3.05, 3.63) is 11.6 Å². The third-order valence-electron chi connectivity index (χ3n) is 2.82. The fourth-order valence-corrected chi connectivity index (χ4v) is 1.83. The Morgan fingerprint density at radius 2 is 2.00 bits per heavy atom. The van der Waals surface area contributed by atoms with Crippen molar-refractivity contribution in [3.8, 4) is 0 Å². The molecule has 18 heavy (non-hydrogen) atoms. The van der Waals surface area contributed by atoms with Crippen molar-refractivity contribution in [2.75, 3.05) is 0 Å². The molecule has 0 radical (unpaired) electrons. The zero-order chi connectivity index (χ0) is 13.9. The van der Waals surface area contributed by atoms with E-state index < -0.39 is 29.9 Å². The van der Waals surface area contributed by atoms with Crippen LogP contribution in [0.5, 0.6) is 0 Å². The van der Waals surface area contributed by atoms with Crippen molar-refractivity contribution in [2.45, 2.75) is 18.9 Å². The number of carbonyl (C=O) groups is 3. The topological polar surface area (TPSA) is 159 Å². The van der Waals surface area contributed by atoms with E-state index in [2.05, 4.69) is 0 Å². The number of carboxylic acid groups (broad SMARTS) is 2. The molecule has 0 aliphatic heterocycles. The van der Waals surface area contributed by atoms with Gasteiger partial charge in [-0.05, 0) is 6.42 Å². The largest absolute Gasteiger partial charge is 0.481 e. The molecule has 0 aromatic heterocycles. The summed E-state index contributed by atoms with van der Waals surface area (Å²) < 4.78 is 0. The Hall–Kier alpha value is -2.13. The van der Waals surface area contributed by atoms with Gasteiger partial charge in [0, 0.05) is 12.0 Å². The van der Waals surface area contributed by atoms with E-state index in [0.717, 1.165) is 0 Å². The van der Waals surface area contributed by atoms with Crippen LogP contribution in [0.2, 0.25) is 0 Å². The van der Waals surface area contributed by atoms with Crippen molar-refractivity contribution in [2.24, 2.45) is 17.6 Å². The van der Waals surface area contributed by atoms with Crippen LogP contribution >= 0.6 is 0 Å². The van der Waals surface area contributed by atoms with Crippen molar-refractivity contribution in [3.63, 3.8) is 0 Å². The lowest BCUT2D eigenvalue weighted by molar-refractivity contribution is -0.144. The van der Waals surface area contributed by atoms with Crippen LogP contribution in [0, 0.1) is 5.92 Å². The van der Waals surface area contributed by atoms with Crippen molar-refractivity contribution in [1.82, 2.24) is 10.4 Å². The fourth-order valence-electron chi connectivity index (χ4n) is 1.83. The molecule has 7 N–H and O–H groups in total. The second-order valence-corrected chi connectivity index (χ2v) is 3.84. The Kier molecular flexibility index (Phi) is 4.23. The number of nitrogens with zero attached hydrogens (tertiary/aromatic N) is 1. The molecule has 0 aromatic carbocycles. The van der Waals surface area contributed by atoms with E-state index in [1.165, 1.54) is 6.08 Å². The van der Waals surface area contributed by atoms with Crippen LogP contribution in [0.4, 0.5) is 4.79 Å². The van der Waals surface area contributed by atoms with Crippen LogP contribution in [0.1, 0.15) is 12.8 Å². The van der Waals surface area contributed by atoms with Gasteiger partial charge in [-0.15, -0.1) is 0 Å². The molecule has 0 fully saturated rings. The van der Waals surface area contributed by atoms with E-state index in [4.69, 9.17) is 21.9 Å². The van der Waals surface area contributed by atoms with E-state index in [-0.39, 0.29) is 18.4 Å². The number of rotatable bonds is 3. The lowest BCUT2D eigenvalue weighted by Crippen LogP contribution is -2.56. The highest BCUT2D eigenvalue weighted by molar-refractivity contribution is 5.88. The van der Waals surface area contributed by atoms with Gasteiger partial charge in [-0.25, -0.2) is 21.3 Å². The van der Waals surface area contributed by atoms with Gasteiger partial charge in [-0.3, -0.25) is 15.2 Å². The molecule has 0 aromatic rings. The molecule has 2 atom stereocenters. The first-order chi connectivity index (χ1) is 8.38. The Morgan fingerprint density at radius 1 is 1.39 bits per heavy atom. The van der Waals surface area contributed by atoms with Crippen LogP contribution in [-0.2, 0) is 9.59 Å². The first kappa shape index (κ1) is 13.9. The maximum absolute atomic E-state index is 11.3. The van der Waals surface area contributed by atoms with Gasteiger partial charge in [-0.2, -0.15) is 0 Å². The van der Waals surface area contributed by atoms with Crippen LogP contribution in [0.3, 0.4) is 0 Å². The minimum Gasteiger partial charge on any atom is -0.481 e. The number of allylic oxidation sites excluding steroid dienone is 1. The standard InChI is InChI=1S/C9H14N4O5/c10-12-9(18)13(11)6-3-4(7(14)15)1-2-5(6)8(16)17/h1,5-6H,2-3,10-11H2,(H,12,18)(H,14,15)(H,16,17). The number of urea groups is 1. The van der Waals surface area contributed by atoms with Gasteiger partial charge in [0.05, 0.1) is 12.0 Å². The summed E-state index contributed by atoms with van der Waals surface area (Å²) in [6.07, 6.45) is 1.18. The second-order valence-electron chi connectivity index (χ2n) is 3.84. The van der Waals surface area contributed by atoms with Gasteiger partial charge >= 0.3 is 18.0 Å². The van der Waals surface area contributed by atoms with E-state index in [0.29, 0.717) is 5.01 Å². The smallest absolute Gasteiger partial charge is 0.345 e. The molecule has 2 amide bonds. The van der Waals surface area contributed by atoms with Gasteiger partial charge in [-0.1, -0.05) is 6.08 Å². The molecule has 0 spiro atoms. The van der Waals surface area contributed by atoms with Crippen LogP contribution in [0.25, 0.3) is 0 Å². The summed E-state index contributed by atoms with van der Waals surface area (Å²) in [5, 5.41) is 18.5. The number of nitrogens with two attached hydrogens (primary N) is 2. The number of nitrogens with one attached hydrogen (secondary N) is 1. The molecule has 0 saturated carbocycles. The average Bonchev–Trinajstić information content (AvgIpc) is 2.35. The van der Waals surface area contributed by atoms with Gasteiger partial charge in [0.1, 0.15) is 0 Å². The number of amides is 2. The zero-order valence-corrected chi connectivity index (χ0v) is 9.37. The molecule has 0 heterocycles. The number of carbonyl (C=O) groups excluding carboxylic acids is 1. The van der Waals surface area contributed by atoms with Crippen molar-refractivity contribution >= 4 is 18.0 Å². The van der Waals surface area contributed by atoms with E-state index in [1.807, 2.05) is 0 Å². The summed E-state index contributed by atoms with van der Waals surface area (Å²) in [6.45, 7) is 0. The summed E-state index contributed by atoms with van der Waals surface area (Å²) >= 11 is 0. The quantitative estimate of drug-likeness (QED) is 0.237. The Balaban J connectivity index is 2.97. The summed E-state index contributed by atoms with van der Waals surface area (Å²) in [5.74, 6) is 7.07. The van der Waals surface area contributed by atoms with Gasteiger partial charge in [0.25, 0.3) is 0 Å². The molecule has 100 valence electrons. The number of aliphatic carboxylic acids is 2. The summed E-state index contributed by atoms with van der Waals surface area (Å²) in [5.41, 5.74) is 1.79. The second kappa shape index (κ2) is 5.47. The van der Waals surface area contributed by atoms with Crippen LogP contribution < -0.4 is 17.1 Å². The number of hydrogen-bond donors (Lipinski definition) is 5. The first-order valence-electron chi connectivity index (χ1n) is 5.08. The monoisotopic (exact) mass is 258 g/mol. The van der Waals surface area contributed by atoms with Crippen LogP contribution in [-0.4, -0.2) is 39.2 Å². The Bertz CT molecular complexity index is 408. The highest BCUT2D eigenvalue weighted by Gasteiger charge is 2.37. The molecular weight excluding hydrogens is 244 g/mol. The normalized spacial score (nSPS) is 22.9. The Labute approximate surface area is 102 Å². The maximum atomic E-state index is 11.3. The molecule has 1 rings (SSSR count). The van der Waals surface area contributed by atoms with Gasteiger partial charge < -0.3 is 10.2 Å². The van der Waals surface area contributed by atoms with Gasteiger partial charge in [0.15, 0.2) is 0 Å². The molecule has 9 nitrogen and oxygen atoms in total. The van der Waals surface area contributed by atoms with E-state index in [1.54, 1.807) is 5.43 Å². The number of hydrazine groups is 2. The first-order valence-corrected chi connectivity index (χ1v) is 5.08. The predicted molar refractivity (Wildman–Crippen MR) is 58.6 cm³/mol. The lowest BCUT2D eigenvalue weighted by atomic mass is 9.84. The summed E-state index contributed by atoms with van der Waals surface area (Å²) in [7, 11) is 0. The number of carboxylic acids is 2. The maximum Gasteiger partial charge on any atom is 0.345 e. The zero-order valence-electron chi connectivity index (χ0n) is 9.37. The molecule has 2 unspecified atom stereocenters.